The molecule has 0 unspecified atom stereocenters. The first kappa shape index (κ1) is 15.5. The van der Waals surface area contributed by atoms with Gasteiger partial charge in [-0.15, -0.1) is 0 Å². The lowest BCUT2D eigenvalue weighted by molar-refractivity contribution is -0.136. The van der Waals surface area contributed by atoms with E-state index in [1.165, 1.54) is 31.4 Å². The third-order valence-electron chi connectivity index (χ3n) is 4.18. The monoisotopic (exact) mass is 344 g/mol. The topological polar surface area (TPSA) is 39.4 Å². The van der Waals surface area contributed by atoms with Gasteiger partial charge >= 0.3 is 6.18 Å². The van der Waals surface area contributed by atoms with Crippen LogP contribution in [0.2, 0.25) is 0 Å². The largest absolute Gasteiger partial charge is 0.497 e. The number of hydrogen-bond acceptors (Lipinski definition) is 3. The Bertz CT molecular complexity index is 1190. The van der Waals surface area contributed by atoms with Crippen molar-refractivity contribution in [3.8, 4) is 5.75 Å². The average molecular weight is 344 g/mol. The summed E-state index contributed by atoms with van der Waals surface area (Å²) in [4.78, 5) is 12.8. The molecule has 0 radical (unpaired) electrons. The van der Waals surface area contributed by atoms with Crippen LogP contribution in [0.5, 0.6) is 5.75 Å². The number of halogens is 3. The normalized spacial score (nSPS) is 12.2. The van der Waals surface area contributed by atoms with E-state index in [-0.39, 0.29) is 21.7 Å². The minimum Gasteiger partial charge on any atom is -0.497 e. The van der Waals surface area contributed by atoms with Crippen LogP contribution >= 0.6 is 0 Å². The van der Waals surface area contributed by atoms with Crippen molar-refractivity contribution >= 4 is 32.7 Å². The zero-order valence-electron chi connectivity index (χ0n) is 13.0. The second-order valence-corrected chi connectivity index (χ2v) is 5.67. The fraction of sp³-hybridized carbons (Fsp3) is 0.105. The molecule has 0 aliphatic heterocycles. The van der Waals surface area contributed by atoms with E-state index in [1.807, 2.05) is 0 Å². The standard InChI is InChI=1S/C19H11F3O3/c1-24-11-5-6-16-13(8-11)18(23)14-9-12-10(7-17(14)25-16)3-2-4-15(12)19(20,21)22/h2-9H,1H3. The van der Waals surface area contributed by atoms with Gasteiger partial charge in [-0.05, 0) is 47.2 Å². The Morgan fingerprint density at radius 2 is 1.68 bits per heavy atom. The highest BCUT2D eigenvalue weighted by molar-refractivity contribution is 6.00. The molecule has 3 aromatic carbocycles. The smallest absolute Gasteiger partial charge is 0.417 e. The third-order valence-corrected chi connectivity index (χ3v) is 4.18. The molecule has 6 heteroatoms. The molecule has 25 heavy (non-hydrogen) atoms. The summed E-state index contributed by atoms with van der Waals surface area (Å²) in [5.74, 6) is 0.468. The zero-order chi connectivity index (χ0) is 17.8. The maximum absolute atomic E-state index is 13.3. The summed E-state index contributed by atoms with van der Waals surface area (Å²) < 4.78 is 50.6. The number of rotatable bonds is 1. The van der Waals surface area contributed by atoms with Crippen LogP contribution in [0.4, 0.5) is 13.2 Å². The molecule has 0 aliphatic rings. The van der Waals surface area contributed by atoms with Crippen molar-refractivity contribution in [1.82, 2.24) is 0 Å². The summed E-state index contributed by atoms with van der Waals surface area (Å²) in [6.45, 7) is 0. The van der Waals surface area contributed by atoms with Gasteiger partial charge in [-0.2, -0.15) is 13.2 Å². The molecule has 0 aliphatic carbocycles. The van der Waals surface area contributed by atoms with Crippen LogP contribution in [-0.4, -0.2) is 7.11 Å². The van der Waals surface area contributed by atoms with Gasteiger partial charge in [0.1, 0.15) is 16.9 Å². The molecule has 0 bridgehead atoms. The Labute approximate surface area is 139 Å². The molecule has 0 amide bonds. The van der Waals surface area contributed by atoms with Crippen LogP contribution in [-0.2, 0) is 6.18 Å². The number of benzene rings is 3. The van der Waals surface area contributed by atoms with E-state index >= 15 is 0 Å². The van der Waals surface area contributed by atoms with E-state index in [0.29, 0.717) is 16.7 Å². The molecule has 0 saturated carbocycles. The van der Waals surface area contributed by atoms with E-state index in [1.54, 1.807) is 18.2 Å². The van der Waals surface area contributed by atoms with Gasteiger partial charge in [0, 0.05) is 0 Å². The van der Waals surface area contributed by atoms with Crippen LogP contribution < -0.4 is 10.2 Å². The van der Waals surface area contributed by atoms with Crippen molar-refractivity contribution in [3.63, 3.8) is 0 Å². The Morgan fingerprint density at radius 1 is 0.920 bits per heavy atom. The lowest BCUT2D eigenvalue weighted by Gasteiger charge is -2.11. The van der Waals surface area contributed by atoms with E-state index in [2.05, 4.69) is 0 Å². The predicted molar refractivity (Wildman–Crippen MR) is 89.1 cm³/mol. The van der Waals surface area contributed by atoms with Crippen LogP contribution in [0, 0.1) is 0 Å². The minimum absolute atomic E-state index is 0.0305. The van der Waals surface area contributed by atoms with E-state index < -0.39 is 17.2 Å². The molecule has 126 valence electrons. The zero-order valence-corrected chi connectivity index (χ0v) is 13.0. The van der Waals surface area contributed by atoms with E-state index in [9.17, 15) is 18.0 Å². The van der Waals surface area contributed by atoms with Gasteiger partial charge in [0.25, 0.3) is 0 Å². The first-order valence-electron chi connectivity index (χ1n) is 7.43. The molecule has 0 fully saturated rings. The Morgan fingerprint density at radius 3 is 2.40 bits per heavy atom. The SMILES string of the molecule is COc1ccc2oc3cc4cccc(C(F)(F)F)c4cc3c(=O)c2c1. The Hall–Kier alpha value is -3.02. The van der Waals surface area contributed by atoms with Crippen LogP contribution in [0.15, 0.2) is 57.7 Å². The van der Waals surface area contributed by atoms with Crippen molar-refractivity contribution in [2.24, 2.45) is 0 Å². The molecule has 0 spiro atoms. The quantitative estimate of drug-likeness (QED) is 0.450. The molecule has 4 aromatic rings. The first-order chi connectivity index (χ1) is 11.9. The molecule has 1 heterocycles. The van der Waals surface area contributed by atoms with Gasteiger partial charge in [-0.1, -0.05) is 12.1 Å². The average Bonchev–Trinajstić information content (AvgIpc) is 2.59. The summed E-state index contributed by atoms with van der Waals surface area (Å²) in [6.07, 6.45) is -4.51. The summed E-state index contributed by atoms with van der Waals surface area (Å²) in [6, 6.07) is 11.4. The van der Waals surface area contributed by atoms with E-state index in [0.717, 1.165) is 6.07 Å². The van der Waals surface area contributed by atoms with Crippen molar-refractivity contribution in [2.75, 3.05) is 7.11 Å². The maximum Gasteiger partial charge on any atom is 0.417 e. The van der Waals surface area contributed by atoms with E-state index in [4.69, 9.17) is 9.15 Å². The number of fused-ring (bicyclic) bond motifs is 3. The second kappa shape index (κ2) is 5.24. The van der Waals surface area contributed by atoms with Gasteiger partial charge in [-0.3, -0.25) is 4.79 Å². The number of alkyl halides is 3. The molecule has 4 rings (SSSR count). The van der Waals surface area contributed by atoms with Gasteiger partial charge < -0.3 is 9.15 Å². The molecular formula is C19H11F3O3. The molecule has 0 saturated heterocycles. The summed E-state index contributed by atoms with van der Waals surface area (Å²) in [7, 11) is 1.47. The predicted octanol–water partition coefficient (Wildman–Crippen LogP) is 5.13. The highest BCUT2D eigenvalue weighted by Gasteiger charge is 2.32. The van der Waals surface area contributed by atoms with Crippen molar-refractivity contribution in [2.45, 2.75) is 6.18 Å². The van der Waals surface area contributed by atoms with Gasteiger partial charge in [0.05, 0.1) is 23.4 Å². The summed E-state index contributed by atoms with van der Waals surface area (Å²) in [5.41, 5.74) is -0.579. The number of methoxy groups -OCH3 is 1. The van der Waals surface area contributed by atoms with Crippen molar-refractivity contribution < 1.29 is 22.3 Å². The molecule has 1 aromatic heterocycles. The fourth-order valence-corrected chi connectivity index (χ4v) is 2.98. The van der Waals surface area contributed by atoms with Crippen LogP contribution in [0.1, 0.15) is 5.56 Å². The second-order valence-electron chi connectivity index (χ2n) is 5.67. The van der Waals surface area contributed by atoms with Gasteiger partial charge in [0.2, 0.25) is 5.43 Å². The highest BCUT2D eigenvalue weighted by Crippen LogP contribution is 2.36. The van der Waals surface area contributed by atoms with Crippen LogP contribution in [0.25, 0.3) is 32.7 Å². The fourth-order valence-electron chi connectivity index (χ4n) is 2.98. The summed E-state index contributed by atoms with van der Waals surface area (Å²) >= 11 is 0. The number of hydrogen-bond donors (Lipinski definition) is 0. The Balaban J connectivity index is 2.15. The van der Waals surface area contributed by atoms with Crippen molar-refractivity contribution in [1.29, 1.82) is 0 Å². The highest BCUT2D eigenvalue weighted by atomic mass is 19.4. The molecular weight excluding hydrogens is 333 g/mol. The maximum atomic E-state index is 13.3. The minimum atomic E-state index is -4.51. The number of ether oxygens (including phenoxy) is 1. The van der Waals surface area contributed by atoms with Gasteiger partial charge in [-0.25, -0.2) is 0 Å². The van der Waals surface area contributed by atoms with Crippen molar-refractivity contribution in [3.05, 3.63) is 64.3 Å². The van der Waals surface area contributed by atoms with Gasteiger partial charge in [0.15, 0.2) is 0 Å². The first-order valence-corrected chi connectivity index (χ1v) is 7.43. The lowest BCUT2D eigenvalue weighted by Crippen LogP contribution is -2.07. The third kappa shape index (κ3) is 2.41. The molecule has 0 N–H and O–H groups in total. The molecule has 3 nitrogen and oxygen atoms in total. The Kier molecular flexibility index (Phi) is 3.25. The lowest BCUT2D eigenvalue weighted by atomic mass is 10.0. The molecule has 0 atom stereocenters. The summed E-state index contributed by atoms with van der Waals surface area (Å²) in [5, 5.41) is 0.691. The van der Waals surface area contributed by atoms with Crippen LogP contribution in [0.3, 0.4) is 0 Å².